The molecule has 1 saturated heterocycles. The van der Waals surface area contributed by atoms with E-state index in [1.165, 1.54) is 0 Å². The third-order valence-corrected chi connectivity index (χ3v) is 5.30. The largest absolute Gasteiger partial charge is 0.497 e. The van der Waals surface area contributed by atoms with Gasteiger partial charge in [-0.3, -0.25) is 4.79 Å². The van der Waals surface area contributed by atoms with E-state index in [-0.39, 0.29) is 24.0 Å². The van der Waals surface area contributed by atoms with Crippen LogP contribution in [0.5, 0.6) is 5.75 Å². The van der Waals surface area contributed by atoms with Gasteiger partial charge in [-0.1, -0.05) is 18.6 Å². The SMILES string of the molecule is COc1ccc(CCC(=O)N2CCOC[C@@H]2[C@H]2CCC[C@H]2O)cc1. The second-order valence-corrected chi connectivity index (χ2v) is 6.74. The maximum Gasteiger partial charge on any atom is 0.223 e. The number of aliphatic hydroxyl groups is 1. The molecule has 3 atom stereocenters. The standard InChI is InChI=1S/C19H27NO4/c1-23-15-8-5-14(6-9-15)7-10-19(22)20-11-12-24-13-17(20)16-3-2-4-18(16)21/h5-6,8-9,16-18,21H,2-4,7,10-13H2,1H3/t16-,17-,18-/m1/s1. The van der Waals surface area contributed by atoms with Crippen molar-refractivity contribution in [2.75, 3.05) is 26.9 Å². The normalized spacial score (nSPS) is 27.2. The minimum absolute atomic E-state index is 0.0274. The highest BCUT2D eigenvalue weighted by atomic mass is 16.5. The average molecular weight is 333 g/mol. The van der Waals surface area contributed by atoms with Crippen molar-refractivity contribution in [2.45, 2.75) is 44.2 Å². The van der Waals surface area contributed by atoms with Gasteiger partial charge in [0.2, 0.25) is 5.91 Å². The third-order valence-electron chi connectivity index (χ3n) is 5.30. The fourth-order valence-corrected chi connectivity index (χ4v) is 3.89. The van der Waals surface area contributed by atoms with Crippen molar-refractivity contribution in [2.24, 2.45) is 5.92 Å². The third kappa shape index (κ3) is 3.90. The maximum atomic E-state index is 12.7. The topological polar surface area (TPSA) is 59.0 Å². The highest BCUT2D eigenvalue weighted by Crippen LogP contribution is 2.32. The van der Waals surface area contributed by atoms with E-state index in [9.17, 15) is 9.90 Å². The summed E-state index contributed by atoms with van der Waals surface area (Å²) in [6.07, 6.45) is 3.78. The van der Waals surface area contributed by atoms with Crippen molar-refractivity contribution in [3.05, 3.63) is 29.8 Å². The lowest BCUT2D eigenvalue weighted by Gasteiger charge is -2.40. The van der Waals surface area contributed by atoms with E-state index < -0.39 is 0 Å². The van der Waals surface area contributed by atoms with Gasteiger partial charge in [0.05, 0.1) is 32.5 Å². The Bertz CT molecular complexity index is 545. The van der Waals surface area contributed by atoms with Crippen LogP contribution in [0.4, 0.5) is 0 Å². The van der Waals surface area contributed by atoms with Gasteiger partial charge in [-0.2, -0.15) is 0 Å². The van der Waals surface area contributed by atoms with E-state index >= 15 is 0 Å². The van der Waals surface area contributed by atoms with E-state index in [2.05, 4.69) is 0 Å². The Morgan fingerprint density at radius 1 is 1.33 bits per heavy atom. The molecule has 1 amide bonds. The summed E-state index contributed by atoms with van der Waals surface area (Å²) >= 11 is 0. The van der Waals surface area contributed by atoms with Crippen LogP contribution in [0.3, 0.4) is 0 Å². The Morgan fingerprint density at radius 2 is 2.12 bits per heavy atom. The Balaban J connectivity index is 1.59. The molecule has 24 heavy (non-hydrogen) atoms. The van der Waals surface area contributed by atoms with Gasteiger partial charge in [0, 0.05) is 18.9 Å². The number of ether oxygens (including phenoxy) is 2. The van der Waals surface area contributed by atoms with Crippen molar-refractivity contribution in [3.63, 3.8) is 0 Å². The van der Waals surface area contributed by atoms with E-state index in [1.807, 2.05) is 29.2 Å². The second-order valence-electron chi connectivity index (χ2n) is 6.74. The van der Waals surface area contributed by atoms with E-state index in [0.717, 1.165) is 37.0 Å². The van der Waals surface area contributed by atoms with Gasteiger partial charge in [0.25, 0.3) is 0 Å². The maximum absolute atomic E-state index is 12.7. The van der Waals surface area contributed by atoms with Gasteiger partial charge >= 0.3 is 0 Å². The molecule has 1 aliphatic heterocycles. The average Bonchev–Trinajstić information content (AvgIpc) is 3.06. The molecule has 1 N–H and O–H groups in total. The van der Waals surface area contributed by atoms with Crippen LogP contribution in [0.2, 0.25) is 0 Å². The number of hydrogen-bond donors (Lipinski definition) is 1. The van der Waals surface area contributed by atoms with Gasteiger partial charge in [-0.15, -0.1) is 0 Å². The van der Waals surface area contributed by atoms with Crippen LogP contribution >= 0.6 is 0 Å². The number of amides is 1. The molecule has 1 saturated carbocycles. The lowest BCUT2D eigenvalue weighted by molar-refractivity contribution is -0.143. The van der Waals surface area contributed by atoms with Gasteiger partial charge < -0.3 is 19.5 Å². The summed E-state index contributed by atoms with van der Waals surface area (Å²) in [6.45, 7) is 1.78. The van der Waals surface area contributed by atoms with E-state index in [0.29, 0.717) is 26.2 Å². The highest BCUT2D eigenvalue weighted by Gasteiger charge is 2.39. The zero-order valence-corrected chi connectivity index (χ0v) is 14.3. The van der Waals surface area contributed by atoms with E-state index in [4.69, 9.17) is 9.47 Å². The predicted molar refractivity (Wildman–Crippen MR) is 91.0 cm³/mol. The molecule has 0 unspecified atom stereocenters. The lowest BCUT2D eigenvalue weighted by atomic mass is 9.93. The van der Waals surface area contributed by atoms with Crippen LogP contribution < -0.4 is 4.74 Å². The summed E-state index contributed by atoms with van der Waals surface area (Å²) in [6, 6.07) is 7.88. The zero-order valence-electron chi connectivity index (χ0n) is 14.3. The number of hydrogen-bond acceptors (Lipinski definition) is 4. The number of aliphatic hydroxyl groups excluding tert-OH is 1. The molecule has 0 aromatic heterocycles. The first-order valence-electron chi connectivity index (χ1n) is 8.87. The fourth-order valence-electron chi connectivity index (χ4n) is 3.89. The molecule has 1 aromatic rings. The molecule has 1 aromatic carbocycles. The van der Waals surface area contributed by atoms with Gasteiger partial charge in [-0.05, 0) is 37.0 Å². The molecule has 5 heteroatoms. The first-order chi connectivity index (χ1) is 11.7. The number of aryl methyl sites for hydroxylation is 1. The molecule has 0 spiro atoms. The van der Waals surface area contributed by atoms with Crippen molar-refractivity contribution in [1.29, 1.82) is 0 Å². The van der Waals surface area contributed by atoms with E-state index in [1.54, 1.807) is 7.11 Å². The summed E-state index contributed by atoms with van der Waals surface area (Å²) in [5.41, 5.74) is 1.13. The molecule has 0 bridgehead atoms. The quantitative estimate of drug-likeness (QED) is 0.895. The van der Waals surface area contributed by atoms with Crippen LogP contribution in [0.1, 0.15) is 31.2 Å². The molecule has 5 nitrogen and oxygen atoms in total. The number of rotatable bonds is 5. The summed E-state index contributed by atoms with van der Waals surface area (Å²) in [5.74, 6) is 1.15. The zero-order chi connectivity index (χ0) is 16.9. The minimum atomic E-state index is -0.298. The summed E-state index contributed by atoms with van der Waals surface area (Å²) in [7, 11) is 1.65. The van der Waals surface area contributed by atoms with Crippen LogP contribution in [0.25, 0.3) is 0 Å². The van der Waals surface area contributed by atoms with Crippen LogP contribution in [0, 0.1) is 5.92 Å². The number of carbonyl (C=O) groups excluding carboxylic acids is 1. The van der Waals surface area contributed by atoms with Crippen molar-refractivity contribution in [1.82, 2.24) is 4.90 Å². The smallest absolute Gasteiger partial charge is 0.223 e. The molecule has 2 aliphatic rings. The number of carbonyl (C=O) groups is 1. The Kier molecular flexibility index (Phi) is 5.74. The molecule has 132 valence electrons. The number of methoxy groups -OCH3 is 1. The second kappa shape index (κ2) is 7.99. The lowest BCUT2D eigenvalue weighted by Crippen LogP contribution is -2.53. The molecule has 2 fully saturated rings. The molecule has 0 radical (unpaired) electrons. The monoisotopic (exact) mass is 333 g/mol. The molecular formula is C19H27NO4. The molecule has 1 aliphatic carbocycles. The Hall–Kier alpha value is -1.59. The van der Waals surface area contributed by atoms with Crippen LogP contribution in [-0.2, 0) is 16.0 Å². The summed E-state index contributed by atoms with van der Waals surface area (Å²) in [4.78, 5) is 14.7. The molecular weight excluding hydrogens is 306 g/mol. The van der Waals surface area contributed by atoms with Gasteiger partial charge in [-0.25, -0.2) is 0 Å². The minimum Gasteiger partial charge on any atom is -0.497 e. The summed E-state index contributed by atoms with van der Waals surface area (Å²) < 4.78 is 10.8. The first kappa shape index (κ1) is 17.2. The fraction of sp³-hybridized carbons (Fsp3) is 0.632. The van der Waals surface area contributed by atoms with Crippen LogP contribution in [-0.4, -0.2) is 54.9 Å². The number of nitrogens with zero attached hydrogens (tertiary/aromatic N) is 1. The van der Waals surface area contributed by atoms with Crippen molar-refractivity contribution in [3.8, 4) is 5.75 Å². The van der Waals surface area contributed by atoms with Crippen LogP contribution in [0.15, 0.2) is 24.3 Å². The molecule has 3 rings (SSSR count). The number of benzene rings is 1. The highest BCUT2D eigenvalue weighted by molar-refractivity contribution is 5.77. The number of morpholine rings is 1. The van der Waals surface area contributed by atoms with Gasteiger partial charge in [0.1, 0.15) is 5.75 Å². The van der Waals surface area contributed by atoms with Crippen molar-refractivity contribution < 1.29 is 19.4 Å². The summed E-state index contributed by atoms with van der Waals surface area (Å²) in [5, 5.41) is 10.2. The van der Waals surface area contributed by atoms with Gasteiger partial charge in [0.15, 0.2) is 0 Å². The Morgan fingerprint density at radius 3 is 2.79 bits per heavy atom. The van der Waals surface area contributed by atoms with Crippen molar-refractivity contribution >= 4 is 5.91 Å². The molecule has 1 heterocycles. The first-order valence-corrected chi connectivity index (χ1v) is 8.87. The predicted octanol–water partition coefficient (Wildman–Crippen LogP) is 2.02. The Labute approximate surface area is 143 Å².